The molecule has 2 rings (SSSR count). The summed E-state index contributed by atoms with van der Waals surface area (Å²) in [7, 11) is -4.15. The minimum atomic E-state index is -4.53. The molecule has 1 fully saturated rings. The average Bonchev–Trinajstić information content (AvgIpc) is 2.51. The van der Waals surface area contributed by atoms with Crippen molar-refractivity contribution in [2.24, 2.45) is 5.92 Å². The topological polar surface area (TPSA) is 66.5 Å². The van der Waals surface area contributed by atoms with E-state index in [1.165, 1.54) is 0 Å². The second-order valence-corrected chi connectivity index (χ2v) is 7.55. The summed E-state index contributed by atoms with van der Waals surface area (Å²) in [4.78, 5) is 11.1. The second kappa shape index (κ2) is 7.24. The molecular formula is C14H15F5N2O3S. The predicted octanol–water partition coefficient (Wildman–Crippen LogP) is 2.04. The number of amides is 1. The molecule has 1 aliphatic rings. The molecule has 5 nitrogen and oxygen atoms in total. The van der Waals surface area contributed by atoms with Crippen LogP contribution in [-0.4, -0.2) is 44.4 Å². The van der Waals surface area contributed by atoms with E-state index in [2.05, 4.69) is 0 Å². The van der Waals surface area contributed by atoms with Crippen LogP contribution in [0.4, 0.5) is 22.0 Å². The molecule has 1 saturated heterocycles. The number of hydrogen-bond acceptors (Lipinski definition) is 3. The van der Waals surface area contributed by atoms with Gasteiger partial charge in [0.15, 0.2) is 0 Å². The Balaban J connectivity index is 2.00. The quantitative estimate of drug-likeness (QED) is 0.806. The third-order valence-electron chi connectivity index (χ3n) is 3.76. The Labute approximate surface area is 140 Å². The zero-order valence-electron chi connectivity index (χ0n) is 12.8. The summed E-state index contributed by atoms with van der Waals surface area (Å²) in [5, 5.41) is 1.76. The monoisotopic (exact) mass is 386 g/mol. The van der Waals surface area contributed by atoms with Crippen molar-refractivity contribution < 1.29 is 35.2 Å². The Hall–Kier alpha value is -1.75. The molecule has 1 aromatic rings. The summed E-state index contributed by atoms with van der Waals surface area (Å²) in [5.74, 6) is -3.64. The van der Waals surface area contributed by atoms with Crippen molar-refractivity contribution in [2.75, 3.05) is 19.6 Å². The standard InChI is InChI=1S/C14H15F5N2O3S/c15-10-5-11(16)7-12(6-10)25(23,24)21-3-1-9(2-4-21)13(22)20-8-14(17,18)19/h5-7,9H,1-4,8H2,(H,20,22). The van der Waals surface area contributed by atoms with Crippen LogP contribution in [-0.2, 0) is 14.8 Å². The molecule has 1 amide bonds. The van der Waals surface area contributed by atoms with Gasteiger partial charge in [-0.25, -0.2) is 17.2 Å². The van der Waals surface area contributed by atoms with Gasteiger partial charge in [-0.2, -0.15) is 17.5 Å². The van der Waals surface area contributed by atoms with Crippen LogP contribution < -0.4 is 5.32 Å². The molecule has 140 valence electrons. The fourth-order valence-electron chi connectivity index (χ4n) is 2.52. The summed E-state index contributed by atoms with van der Waals surface area (Å²) >= 11 is 0. The lowest BCUT2D eigenvalue weighted by molar-refractivity contribution is -0.141. The molecule has 0 spiro atoms. The summed E-state index contributed by atoms with van der Waals surface area (Å²) in [5.41, 5.74) is 0. The molecular weight excluding hydrogens is 371 g/mol. The smallest absolute Gasteiger partial charge is 0.347 e. The van der Waals surface area contributed by atoms with E-state index >= 15 is 0 Å². The lowest BCUT2D eigenvalue weighted by Gasteiger charge is -2.30. The molecule has 1 N–H and O–H groups in total. The predicted molar refractivity (Wildman–Crippen MR) is 76.9 cm³/mol. The highest BCUT2D eigenvalue weighted by molar-refractivity contribution is 7.89. The number of sulfonamides is 1. The van der Waals surface area contributed by atoms with Crippen molar-refractivity contribution in [3.63, 3.8) is 0 Å². The molecule has 1 aliphatic heterocycles. The van der Waals surface area contributed by atoms with Crippen LogP contribution in [0.1, 0.15) is 12.8 Å². The first-order valence-corrected chi connectivity index (χ1v) is 8.74. The molecule has 1 aromatic carbocycles. The Kier molecular flexibility index (Phi) is 5.67. The first-order valence-electron chi connectivity index (χ1n) is 7.30. The van der Waals surface area contributed by atoms with Crippen LogP contribution in [0.3, 0.4) is 0 Å². The third kappa shape index (κ3) is 5.11. The van der Waals surface area contributed by atoms with E-state index in [1.54, 1.807) is 5.32 Å². The minimum Gasteiger partial charge on any atom is -0.347 e. The minimum absolute atomic E-state index is 0.0146. The lowest BCUT2D eigenvalue weighted by Crippen LogP contribution is -2.44. The van der Waals surface area contributed by atoms with Gasteiger partial charge in [-0.15, -0.1) is 0 Å². The highest BCUT2D eigenvalue weighted by Gasteiger charge is 2.34. The van der Waals surface area contributed by atoms with Crippen molar-refractivity contribution in [3.05, 3.63) is 29.8 Å². The van der Waals surface area contributed by atoms with Crippen LogP contribution in [0.15, 0.2) is 23.1 Å². The largest absolute Gasteiger partial charge is 0.405 e. The van der Waals surface area contributed by atoms with Crippen molar-refractivity contribution in [2.45, 2.75) is 23.9 Å². The van der Waals surface area contributed by atoms with Crippen LogP contribution in [0.2, 0.25) is 0 Å². The number of halogens is 5. The maximum Gasteiger partial charge on any atom is 0.405 e. The molecule has 0 radical (unpaired) electrons. The van der Waals surface area contributed by atoms with Gasteiger partial charge >= 0.3 is 6.18 Å². The van der Waals surface area contributed by atoms with Gasteiger partial charge < -0.3 is 5.32 Å². The third-order valence-corrected chi connectivity index (χ3v) is 5.64. The van der Waals surface area contributed by atoms with E-state index in [4.69, 9.17) is 0 Å². The number of nitrogens with one attached hydrogen (secondary N) is 1. The summed E-state index contributed by atoms with van der Waals surface area (Å²) in [6.45, 7) is -1.72. The first kappa shape index (κ1) is 19.6. The number of piperidine rings is 1. The van der Waals surface area contributed by atoms with Crippen molar-refractivity contribution >= 4 is 15.9 Å². The second-order valence-electron chi connectivity index (χ2n) is 5.62. The Bertz CT molecular complexity index is 723. The van der Waals surface area contributed by atoms with Gasteiger partial charge in [-0.1, -0.05) is 0 Å². The molecule has 1 heterocycles. The van der Waals surface area contributed by atoms with Crippen LogP contribution in [0.5, 0.6) is 0 Å². The highest BCUT2D eigenvalue weighted by atomic mass is 32.2. The number of nitrogens with zero attached hydrogens (tertiary/aromatic N) is 1. The summed E-state index contributed by atoms with van der Waals surface area (Å²) in [6.07, 6.45) is -4.50. The maximum atomic E-state index is 13.2. The molecule has 0 bridgehead atoms. The van der Waals surface area contributed by atoms with Gasteiger partial charge in [0.2, 0.25) is 15.9 Å². The fourth-order valence-corrected chi connectivity index (χ4v) is 4.03. The zero-order chi connectivity index (χ0) is 18.8. The summed E-state index contributed by atoms with van der Waals surface area (Å²) < 4.78 is 88.4. The van der Waals surface area contributed by atoms with Gasteiger partial charge in [0, 0.05) is 25.1 Å². The number of carbonyl (C=O) groups excluding carboxylic acids is 1. The molecule has 0 unspecified atom stereocenters. The van der Waals surface area contributed by atoms with Crippen LogP contribution >= 0.6 is 0 Å². The van der Waals surface area contributed by atoms with E-state index in [0.717, 1.165) is 4.31 Å². The van der Waals surface area contributed by atoms with Crippen LogP contribution in [0.25, 0.3) is 0 Å². The Morgan fingerprint density at radius 2 is 1.64 bits per heavy atom. The molecule has 11 heteroatoms. The highest BCUT2D eigenvalue weighted by Crippen LogP contribution is 2.25. The van der Waals surface area contributed by atoms with Crippen molar-refractivity contribution in [1.29, 1.82) is 0 Å². The van der Waals surface area contributed by atoms with Crippen molar-refractivity contribution in [1.82, 2.24) is 9.62 Å². The van der Waals surface area contributed by atoms with E-state index in [1.807, 2.05) is 0 Å². The van der Waals surface area contributed by atoms with Gasteiger partial charge in [0.1, 0.15) is 18.2 Å². The Morgan fingerprint density at radius 3 is 2.12 bits per heavy atom. The zero-order valence-corrected chi connectivity index (χ0v) is 13.6. The average molecular weight is 386 g/mol. The Morgan fingerprint density at radius 1 is 1.12 bits per heavy atom. The molecule has 0 aliphatic carbocycles. The van der Waals surface area contributed by atoms with Gasteiger partial charge in [-0.3, -0.25) is 4.79 Å². The van der Waals surface area contributed by atoms with E-state index < -0.39 is 51.1 Å². The van der Waals surface area contributed by atoms with Gasteiger partial charge in [0.05, 0.1) is 4.90 Å². The first-order chi connectivity index (χ1) is 11.5. The number of alkyl halides is 3. The van der Waals surface area contributed by atoms with Crippen molar-refractivity contribution in [3.8, 4) is 0 Å². The van der Waals surface area contributed by atoms with E-state index in [0.29, 0.717) is 18.2 Å². The maximum absolute atomic E-state index is 13.2. The molecule has 0 saturated carbocycles. The fraction of sp³-hybridized carbons (Fsp3) is 0.500. The van der Waals surface area contributed by atoms with E-state index in [9.17, 15) is 35.2 Å². The lowest BCUT2D eigenvalue weighted by atomic mass is 9.97. The molecule has 0 aromatic heterocycles. The van der Waals surface area contributed by atoms with Gasteiger partial charge in [0.25, 0.3) is 0 Å². The number of carbonyl (C=O) groups is 1. The SMILES string of the molecule is O=C(NCC(F)(F)F)C1CCN(S(=O)(=O)c2cc(F)cc(F)c2)CC1. The number of benzene rings is 1. The normalized spacial score (nSPS) is 17.5. The number of rotatable bonds is 4. The summed E-state index contributed by atoms with van der Waals surface area (Å²) in [6, 6.07) is 1.90. The van der Waals surface area contributed by atoms with Gasteiger partial charge in [-0.05, 0) is 25.0 Å². The number of hydrogen-bond donors (Lipinski definition) is 1. The molecule has 0 atom stereocenters. The molecule has 25 heavy (non-hydrogen) atoms. The van der Waals surface area contributed by atoms with Crippen LogP contribution in [0, 0.1) is 17.6 Å². The van der Waals surface area contributed by atoms with E-state index in [-0.39, 0.29) is 25.9 Å².